The number of hydrogen-bond donors (Lipinski definition) is 2. The molecule has 4 nitrogen and oxygen atoms in total. The number of piperazine rings is 1. The fraction of sp³-hybridized carbons (Fsp3) is 0.571. The highest BCUT2D eigenvalue weighted by molar-refractivity contribution is 5.81. The molecule has 3 fully saturated rings. The Morgan fingerprint density at radius 1 is 1.16 bits per heavy atom. The molecule has 3 atom stereocenters. The van der Waals surface area contributed by atoms with Crippen LogP contribution in [0.5, 0.6) is 0 Å². The quantitative estimate of drug-likeness (QED) is 0.810. The van der Waals surface area contributed by atoms with E-state index in [1.54, 1.807) is 0 Å². The molecule has 1 aromatic rings. The number of benzene rings is 1. The first-order valence-electron chi connectivity index (χ1n) is 9.52. The predicted molar refractivity (Wildman–Crippen MR) is 97.0 cm³/mol. The van der Waals surface area contributed by atoms with Crippen molar-refractivity contribution in [3.63, 3.8) is 0 Å². The lowest BCUT2D eigenvalue weighted by Gasteiger charge is -2.57. The molecule has 2 N–H and O–H groups in total. The normalized spacial score (nSPS) is 29.4. The van der Waals surface area contributed by atoms with Crippen LogP contribution in [0.4, 0.5) is 0 Å². The molecule has 4 heteroatoms. The number of carbonyl (C=O) groups excluding carboxylic acids is 1. The van der Waals surface area contributed by atoms with Gasteiger partial charge in [0, 0.05) is 23.9 Å². The summed E-state index contributed by atoms with van der Waals surface area (Å²) in [5.74, 6) is 7.63. The maximum absolute atomic E-state index is 12.0. The third kappa shape index (κ3) is 3.19. The summed E-state index contributed by atoms with van der Waals surface area (Å²) in [5, 5.41) is 12.9. The van der Waals surface area contributed by atoms with Gasteiger partial charge in [-0.15, -0.1) is 0 Å². The van der Waals surface area contributed by atoms with Gasteiger partial charge < -0.3 is 15.3 Å². The largest absolute Gasteiger partial charge is 0.394 e. The Kier molecular flexibility index (Phi) is 4.78. The van der Waals surface area contributed by atoms with Crippen LogP contribution in [0.15, 0.2) is 24.3 Å². The average molecular weight is 338 g/mol. The molecule has 1 aliphatic carbocycles. The van der Waals surface area contributed by atoms with Gasteiger partial charge in [-0.05, 0) is 30.5 Å². The van der Waals surface area contributed by atoms with Gasteiger partial charge in [-0.25, -0.2) is 0 Å². The fourth-order valence-electron chi connectivity index (χ4n) is 4.63. The van der Waals surface area contributed by atoms with E-state index >= 15 is 0 Å². The van der Waals surface area contributed by atoms with Gasteiger partial charge in [-0.2, -0.15) is 0 Å². The summed E-state index contributed by atoms with van der Waals surface area (Å²) in [6, 6.07) is 8.49. The van der Waals surface area contributed by atoms with E-state index in [0.29, 0.717) is 12.5 Å². The molecule has 25 heavy (non-hydrogen) atoms. The lowest BCUT2D eigenvalue weighted by Crippen LogP contribution is -2.72. The molecular formula is C21H26N2O2. The Morgan fingerprint density at radius 3 is 2.64 bits per heavy atom. The first-order valence-corrected chi connectivity index (χ1v) is 9.52. The van der Waals surface area contributed by atoms with Crippen LogP contribution in [0.2, 0.25) is 0 Å². The average Bonchev–Trinajstić information content (AvgIpc) is 2.64. The molecule has 3 aliphatic rings. The molecule has 0 aromatic heterocycles. The topological polar surface area (TPSA) is 52.6 Å². The van der Waals surface area contributed by atoms with E-state index in [9.17, 15) is 9.90 Å². The summed E-state index contributed by atoms with van der Waals surface area (Å²) in [7, 11) is 0. The minimum atomic E-state index is -0.0845. The van der Waals surface area contributed by atoms with Crippen molar-refractivity contribution in [2.75, 3.05) is 19.7 Å². The molecule has 1 aromatic carbocycles. The Balaban J connectivity index is 1.46. The van der Waals surface area contributed by atoms with E-state index in [1.165, 1.54) is 37.7 Å². The molecular weight excluding hydrogens is 312 g/mol. The van der Waals surface area contributed by atoms with Crippen molar-refractivity contribution < 1.29 is 9.90 Å². The SMILES string of the molecule is O=C1CNC[C@H]2[C@@H](c3ccc(C#CC4CCCCC4)cc3)[C@H](CO)N12. The van der Waals surface area contributed by atoms with Crippen LogP contribution in [-0.4, -0.2) is 47.7 Å². The highest BCUT2D eigenvalue weighted by atomic mass is 16.3. The van der Waals surface area contributed by atoms with Crippen LogP contribution in [-0.2, 0) is 4.79 Å². The Morgan fingerprint density at radius 2 is 1.92 bits per heavy atom. The second-order valence-corrected chi connectivity index (χ2v) is 7.50. The van der Waals surface area contributed by atoms with Crippen molar-refractivity contribution in [3.8, 4) is 11.8 Å². The standard InChI is InChI=1S/C21H26N2O2/c24-14-19-21(18-12-22-13-20(25)23(18)19)17-10-8-16(9-11-17)7-6-15-4-2-1-3-5-15/h8-11,15,18-19,21-22,24H,1-5,12-14H2/t18-,19-,21+/m0/s1. The number of aliphatic hydroxyl groups excluding tert-OH is 1. The van der Waals surface area contributed by atoms with Crippen molar-refractivity contribution in [3.05, 3.63) is 35.4 Å². The summed E-state index contributed by atoms with van der Waals surface area (Å²) in [6.45, 7) is 1.21. The number of hydrogen-bond acceptors (Lipinski definition) is 3. The number of amides is 1. The van der Waals surface area contributed by atoms with E-state index in [4.69, 9.17) is 0 Å². The van der Waals surface area contributed by atoms with Crippen LogP contribution in [0, 0.1) is 17.8 Å². The van der Waals surface area contributed by atoms with Crippen molar-refractivity contribution >= 4 is 5.91 Å². The number of carbonyl (C=O) groups is 1. The van der Waals surface area contributed by atoms with E-state index in [2.05, 4.69) is 41.4 Å². The van der Waals surface area contributed by atoms with Crippen molar-refractivity contribution in [1.82, 2.24) is 10.2 Å². The maximum atomic E-state index is 12.0. The van der Waals surface area contributed by atoms with Gasteiger partial charge in [0.05, 0.1) is 25.2 Å². The fourth-order valence-corrected chi connectivity index (χ4v) is 4.63. The molecule has 0 radical (unpaired) electrons. The molecule has 1 amide bonds. The van der Waals surface area contributed by atoms with Crippen LogP contribution >= 0.6 is 0 Å². The molecule has 4 rings (SSSR count). The molecule has 0 spiro atoms. The molecule has 132 valence electrons. The first-order chi connectivity index (χ1) is 12.3. The Hall–Kier alpha value is -1.83. The first kappa shape index (κ1) is 16.6. The zero-order chi connectivity index (χ0) is 17.2. The van der Waals surface area contributed by atoms with Gasteiger partial charge in [-0.1, -0.05) is 43.2 Å². The van der Waals surface area contributed by atoms with E-state index in [-0.39, 0.29) is 30.5 Å². The monoisotopic (exact) mass is 338 g/mol. The highest BCUT2D eigenvalue weighted by Crippen LogP contribution is 2.41. The minimum absolute atomic E-state index is 0.0240. The molecule has 1 saturated carbocycles. The Labute approximate surface area is 149 Å². The number of rotatable bonds is 2. The molecule has 2 heterocycles. The van der Waals surface area contributed by atoms with Crippen molar-refractivity contribution in [2.24, 2.45) is 5.92 Å². The maximum Gasteiger partial charge on any atom is 0.237 e. The molecule has 2 saturated heterocycles. The van der Waals surface area contributed by atoms with Gasteiger partial charge in [-0.3, -0.25) is 4.79 Å². The summed E-state index contributed by atoms with van der Waals surface area (Å²) in [5.41, 5.74) is 2.25. The number of aliphatic hydroxyl groups is 1. The summed E-state index contributed by atoms with van der Waals surface area (Å²) < 4.78 is 0. The van der Waals surface area contributed by atoms with Gasteiger partial charge in [0.2, 0.25) is 5.91 Å². The number of fused-ring (bicyclic) bond motifs is 1. The third-order valence-electron chi connectivity index (χ3n) is 5.97. The van der Waals surface area contributed by atoms with E-state index < -0.39 is 0 Å². The summed E-state index contributed by atoms with van der Waals surface area (Å²) in [6.07, 6.45) is 6.46. The van der Waals surface area contributed by atoms with Gasteiger partial charge >= 0.3 is 0 Å². The minimum Gasteiger partial charge on any atom is -0.394 e. The molecule has 0 bridgehead atoms. The predicted octanol–water partition coefficient (Wildman–Crippen LogP) is 1.88. The van der Waals surface area contributed by atoms with E-state index in [0.717, 1.165) is 12.1 Å². The molecule has 0 unspecified atom stereocenters. The zero-order valence-electron chi connectivity index (χ0n) is 14.6. The van der Waals surface area contributed by atoms with Crippen LogP contribution in [0.1, 0.15) is 49.1 Å². The van der Waals surface area contributed by atoms with Gasteiger partial charge in [0.25, 0.3) is 0 Å². The van der Waals surface area contributed by atoms with E-state index in [1.807, 2.05) is 4.90 Å². The third-order valence-corrected chi connectivity index (χ3v) is 5.97. The van der Waals surface area contributed by atoms with Crippen LogP contribution < -0.4 is 5.32 Å². The summed E-state index contributed by atoms with van der Waals surface area (Å²) >= 11 is 0. The zero-order valence-corrected chi connectivity index (χ0v) is 14.6. The van der Waals surface area contributed by atoms with Crippen molar-refractivity contribution in [1.29, 1.82) is 0 Å². The number of nitrogens with zero attached hydrogens (tertiary/aromatic N) is 1. The number of nitrogens with one attached hydrogen (secondary N) is 1. The second-order valence-electron chi connectivity index (χ2n) is 7.50. The second kappa shape index (κ2) is 7.19. The van der Waals surface area contributed by atoms with Crippen molar-refractivity contribution in [2.45, 2.75) is 50.1 Å². The Bertz CT molecular complexity index is 676. The lowest BCUT2D eigenvalue weighted by molar-refractivity contribution is -0.153. The smallest absolute Gasteiger partial charge is 0.237 e. The van der Waals surface area contributed by atoms with Crippen LogP contribution in [0.3, 0.4) is 0 Å². The van der Waals surface area contributed by atoms with Crippen LogP contribution in [0.25, 0.3) is 0 Å². The molecule has 2 aliphatic heterocycles. The summed E-state index contributed by atoms with van der Waals surface area (Å²) in [4.78, 5) is 13.9. The highest BCUT2D eigenvalue weighted by Gasteiger charge is 2.52. The van der Waals surface area contributed by atoms with Gasteiger partial charge in [0.15, 0.2) is 0 Å². The lowest BCUT2D eigenvalue weighted by atomic mass is 9.74. The van der Waals surface area contributed by atoms with Gasteiger partial charge in [0.1, 0.15) is 0 Å².